The van der Waals surface area contributed by atoms with E-state index >= 15 is 0 Å². The number of aromatic nitrogens is 3. The van der Waals surface area contributed by atoms with E-state index in [9.17, 15) is 14.4 Å². The average Bonchev–Trinajstić information content (AvgIpc) is 3.36. The number of rotatable bonds is 6. The first-order valence-electron chi connectivity index (χ1n) is 14.1. The standard InChI is InChI=1S/C32H31N5O4/c1-19(38)41-32-16-20-12-21(17-32)15-31(14-20,18-32)30(40)35-23-7-5-22(6-8-23)28-36-25-10-9-24(13-27(25)37-28)34-29(39)26-4-2-3-11-33-26/h2-11,13,20-21H,12,14-18H2,1H3,(H,34,39)(H,35,40)(H,36,37)/t20-,21?,31?,32?/m0/s1. The highest BCUT2D eigenvalue weighted by Crippen LogP contribution is 2.63. The third-order valence-corrected chi connectivity index (χ3v) is 8.90. The molecule has 2 heterocycles. The number of H-pyrrole nitrogens is 1. The van der Waals surface area contributed by atoms with Crippen molar-refractivity contribution >= 4 is 40.2 Å². The van der Waals surface area contributed by atoms with Crippen LogP contribution < -0.4 is 10.6 Å². The third kappa shape index (κ3) is 4.75. The number of carbonyl (C=O) groups is 3. The highest BCUT2D eigenvalue weighted by Gasteiger charge is 2.62. The predicted molar refractivity (Wildman–Crippen MR) is 154 cm³/mol. The number of benzene rings is 2. The van der Waals surface area contributed by atoms with E-state index in [1.807, 2.05) is 42.5 Å². The molecule has 4 aliphatic rings. The molecule has 4 saturated carbocycles. The number of hydrogen-bond donors (Lipinski definition) is 3. The van der Waals surface area contributed by atoms with Gasteiger partial charge in [-0.2, -0.15) is 0 Å². The number of amides is 2. The second-order valence-electron chi connectivity index (χ2n) is 12.0. The molecule has 9 heteroatoms. The summed E-state index contributed by atoms with van der Waals surface area (Å²) in [4.78, 5) is 50.1. The van der Waals surface area contributed by atoms with Crippen molar-refractivity contribution in [3.63, 3.8) is 0 Å². The van der Waals surface area contributed by atoms with E-state index in [1.54, 1.807) is 24.4 Å². The van der Waals surface area contributed by atoms with Gasteiger partial charge in [0.25, 0.3) is 5.91 Å². The summed E-state index contributed by atoms with van der Waals surface area (Å²) >= 11 is 0. The fourth-order valence-corrected chi connectivity index (χ4v) is 7.76. The maximum atomic E-state index is 13.7. The maximum Gasteiger partial charge on any atom is 0.303 e. The van der Waals surface area contributed by atoms with Crippen LogP contribution in [-0.4, -0.2) is 38.3 Å². The molecule has 4 aromatic rings. The normalized spacial score (nSPS) is 26.1. The summed E-state index contributed by atoms with van der Waals surface area (Å²) in [5, 5.41) is 6.03. The quantitative estimate of drug-likeness (QED) is 0.264. The highest BCUT2D eigenvalue weighted by atomic mass is 16.6. The van der Waals surface area contributed by atoms with Gasteiger partial charge in [0.15, 0.2) is 0 Å². The van der Waals surface area contributed by atoms with Gasteiger partial charge in [-0.05, 0) is 98.5 Å². The fourth-order valence-electron chi connectivity index (χ4n) is 7.76. The lowest BCUT2D eigenvalue weighted by atomic mass is 9.47. The Morgan fingerprint density at radius 2 is 1.68 bits per heavy atom. The van der Waals surface area contributed by atoms with Crippen molar-refractivity contribution < 1.29 is 19.1 Å². The summed E-state index contributed by atoms with van der Waals surface area (Å²) < 4.78 is 5.86. The van der Waals surface area contributed by atoms with Gasteiger partial charge >= 0.3 is 5.97 Å². The van der Waals surface area contributed by atoms with E-state index in [2.05, 4.69) is 20.6 Å². The maximum absolute atomic E-state index is 13.7. The van der Waals surface area contributed by atoms with E-state index in [0.29, 0.717) is 35.5 Å². The van der Waals surface area contributed by atoms with E-state index in [0.717, 1.165) is 54.4 Å². The number of hydrogen-bond acceptors (Lipinski definition) is 6. The Balaban J connectivity index is 1.05. The number of nitrogens with one attached hydrogen (secondary N) is 3. The number of fused-ring (bicyclic) bond motifs is 1. The number of nitrogens with zero attached hydrogens (tertiary/aromatic N) is 2. The number of pyridine rings is 1. The molecule has 0 spiro atoms. The molecule has 0 saturated heterocycles. The molecule has 8 rings (SSSR count). The van der Waals surface area contributed by atoms with Crippen molar-refractivity contribution in [1.82, 2.24) is 15.0 Å². The van der Waals surface area contributed by atoms with Crippen molar-refractivity contribution in [2.24, 2.45) is 17.3 Å². The van der Waals surface area contributed by atoms with Crippen LogP contribution in [0.4, 0.5) is 11.4 Å². The zero-order chi connectivity index (χ0) is 28.2. The Labute approximate surface area is 237 Å². The van der Waals surface area contributed by atoms with Gasteiger partial charge in [-0.3, -0.25) is 19.4 Å². The Bertz CT molecular complexity index is 1650. The monoisotopic (exact) mass is 549 g/mol. The topological polar surface area (TPSA) is 126 Å². The summed E-state index contributed by atoms with van der Waals surface area (Å²) in [6.45, 7) is 1.47. The lowest BCUT2D eigenvalue weighted by molar-refractivity contribution is -0.200. The SMILES string of the molecule is CC(=O)OC12CC3C[C@H](C1)CC(C(=O)Nc1ccc(-c4nc5ccc(NC(=O)c6ccccn6)cc5[nH]4)cc1)(C3)C2. The van der Waals surface area contributed by atoms with Crippen molar-refractivity contribution in [3.05, 3.63) is 72.6 Å². The van der Waals surface area contributed by atoms with E-state index in [1.165, 1.54) is 6.92 Å². The number of aromatic amines is 1. The molecule has 0 aliphatic heterocycles. The number of ether oxygens (including phenoxy) is 1. The number of carbonyl (C=O) groups excluding carboxylic acids is 3. The molecule has 208 valence electrons. The molecule has 3 N–H and O–H groups in total. The lowest BCUT2D eigenvalue weighted by Gasteiger charge is -2.60. The molecule has 4 bridgehead atoms. The number of imidazole rings is 1. The first-order chi connectivity index (χ1) is 19.8. The molecule has 2 amide bonds. The van der Waals surface area contributed by atoms with Crippen LogP contribution in [0.5, 0.6) is 0 Å². The van der Waals surface area contributed by atoms with Gasteiger partial charge in [-0.15, -0.1) is 0 Å². The van der Waals surface area contributed by atoms with Gasteiger partial charge < -0.3 is 20.4 Å². The Hall–Kier alpha value is -4.53. The molecular weight excluding hydrogens is 518 g/mol. The first kappa shape index (κ1) is 25.4. The molecule has 4 fully saturated rings. The number of anilines is 2. The minimum atomic E-state index is -0.487. The van der Waals surface area contributed by atoms with E-state index < -0.39 is 11.0 Å². The summed E-state index contributed by atoms with van der Waals surface area (Å²) in [5.41, 5.74) is 3.18. The minimum absolute atomic E-state index is 0.0277. The Kier molecular flexibility index (Phi) is 5.92. The zero-order valence-electron chi connectivity index (χ0n) is 22.8. The molecule has 4 aliphatic carbocycles. The second kappa shape index (κ2) is 9.54. The van der Waals surface area contributed by atoms with Crippen LogP contribution in [0.2, 0.25) is 0 Å². The molecule has 9 nitrogen and oxygen atoms in total. The minimum Gasteiger partial charge on any atom is -0.459 e. The summed E-state index contributed by atoms with van der Waals surface area (Å²) in [7, 11) is 0. The third-order valence-electron chi connectivity index (χ3n) is 8.90. The second-order valence-corrected chi connectivity index (χ2v) is 12.0. The first-order valence-corrected chi connectivity index (χ1v) is 14.1. The lowest BCUT2D eigenvalue weighted by Crippen LogP contribution is -2.60. The van der Waals surface area contributed by atoms with Gasteiger partial charge in [0, 0.05) is 36.5 Å². The van der Waals surface area contributed by atoms with Crippen LogP contribution in [0.1, 0.15) is 55.9 Å². The summed E-state index contributed by atoms with van der Waals surface area (Å²) in [6, 6.07) is 18.3. The van der Waals surface area contributed by atoms with Crippen LogP contribution in [-0.2, 0) is 14.3 Å². The predicted octanol–water partition coefficient (Wildman–Crippen LogP) is 5.72. The van der Waals surface area contributed by atoms with Gasteiger partial charge in [-0.25, -0.2) is 4.98 Å². The molecular formula is C32H31N5O4. The molecule has 41 heavy (non-hydrogen) atoms. The molecule has 3 unspecified atom stereocenters. The molecule has 2 aromatic heterocycles. The highest BCUT2D eigenvalue weighted by molar-refractivity contribution is 6.03. The summed E-state index contributed by atoms with van der Waals surface area (Å²) in [6.07, 6.45) is 6.80. The fraction of sp³-hybridized carbons (Fsp3) is 0.344. The molecule has 0 radical (unpaired) electrons. The van der Waals surface area contributed by atoms with Crippen molar-refractivity contribution in [2.45, 2.75) is 51.0 Å². The Morgan fingerprint density at radius 3 is 2.39 bits per heavy atom. The average molecular weight is 550 g/mol. The Morgan fingerprint density at radius 1 is 0.927 bits per heavy atom. The van der Waals surface area contributed by atoms with Crippen molar-refractivity contribution in [1.29, 1.82) is 0 Å². The van der Waals surface area contributed by atoms with E-state index in [-0.39, 0.29) is 17.8 Å². The largest absolute Gasteiger partial charge is 0.459 e. The number of esters is 1. The van der Waals surface area contributed by atoms with Crippen molar-refractivity contribution in [3.8, 4) is 11.4 Å². The van der Waals surface area contributed by atoms with Crippen LogP contribution in [0.3, 0.4) is 0 Å². The smallest absolute Gasteiger partial charge is 0.303 e. The molecule has 4 atom stereocenters. The van der Waals surface area contributed by atoms with Gasteiger partial charge in [0.1, 0.15) is 17.1 Å². The summed E-state index contributed by atoms with van der Waals surface area (Å²) in [5.74, 6) is 1.04. The van der Waals surface area contributed by atoms with Crippen LogP contribution in [0, 0.1) is 17.3 Å². The zero-order valence-corrected chi connectivity index (χ0v) is 22.8. The van der Waals surface area contributed by atoms with Crippen molar-refractivity contribution in [2.75, 3.05) is 10.6 Å². The van der Waals surface area contributed by atoms with Crippen LogP contribution in [0.25, 0.3) is 22.4 Å². The van der Waals surface area contributed by atoms with Crippen LogP contribution >= 0.6 is 0 Å². The van der Waals surface area contributed by atoms with E-state index in [4.69, 9.17) is 9.72 Å². The van der Waals surface area contributed by atoms with Crippen LogP contribution in [0.15, 0.2) is 66.9 Å². The van der Waals surface area contributed by atoms with Gasteiger partial charge in [0.2, 0.25) is 5.91 Å². The van der Waals surface area contributed by atoms with Gasteiger partial charge in [0.05, 0.1) is 16.4 Å². The molecule has 2 aromatic carbocycles. The van der Waals surface area contributed by atoms with Gasteiger partial charge in [-0.1, -0.05) is 6.07 Å².